The molecule has 0 fully saturated rings. The zero-order chi connectivity index (χ0) is 12.5. The number of aliphatic hydroxyl groups excluding tert-OH is 1. The van der Waals surface area contributed by atoms with Crippen molar-refractivity contribution in [3.63, 3.8) is 0 Å². The number of halogens is 1. The molecule has 2 aromatic heterocycles. The fourth-order valence-corrected chi connectivity index (χ4v) is 4.39. The van der Waals surface area contributed by atoms with Crippen LogP contribution in [0.3, 0.4) is 0 Å². The summed E-state index contributed by atoms with van der Waals surface area (Å²) in [5, 5.41) is 13.7. The maximum Gasteiger partial charge on any atom is 0.0923 e. The van der Waals surface area contributed by atoms with E-state index < -0.39 is 6.10 Å². The molecule has 0 saturated carbocycles. The third-order valence-electron chi connectivity index (χ3n) is 2.90. The normalized spacial score (nSPS) is 13.0. The molecule has 0 bridgehead atoms. The summed E-state index contributed by atoms with van der Waals surface area (Å²) in [7, 11) is 0. The lowest BCUT2D eigenvalue weighted by molar-refractivity contribution is 0.183. The van der Waals surface area contributed by atoms with Crippen LogP contribution in [-0.4, -0.2) is 5.11 Å². The van der Waals surface area contributed by atoms with Gasteiger partial charge in [-0.2, -0.15) is 0 Å². The van der Waals surface area contributed by atoms with Gasteiger partial charge < -0.3 is 5.11 Å². The maximum atomic E-state index is 10.3. The SMILES string of the molecule is OC(Cc1csc2ccccc12)c1ccc(Br)s1. The van der Waals surface area contributed by atoms with Gasteiger partial charge in [-0.05, 0) is 50.5 Å². The second kappa shape index (κ2) is 5.13. The van der Waals surface area contributed by atoms with Crippen LogP contribution in [0.1, 0.15) is 16.5 Å². The van der Waals surface area contributed by atoms with Crippen molar-refractivity contribution in [2.75, 3.05) is 0 Å². The van der Waals surface area contributed by atoms with E-state index in [-0.39, 0.29) is 0 Å². The summed E-state index contributed by atoms with van der Waals surface area (Å²) in [6.45, 7) is 0. The lowest BCUT2D eigenvalue weighted by Gasteiger charge is -2.07. The molecule has 1 N–H and O–H groups in total. The topological polar surface area (TPSA) is 20.2 Å². The van der Waals surface area contributed by atoms with E-state index in [1.54, 1.807) is 22.7 Å². The largest absolute Gasteiger partial charge is 0.387 e. The quantitative estimate of drug-likeness (QED) is 0.712. The highest BCUT2D eigenvalue weighted by molar-refractivity contribution is 9.11. The van der Waals surface area contributed by atoms with Gasteiger partial charge in [0.25, 0.3) is 0 Å². The van der Waals surface area contributed by atoms with Crippen LogP contribution in [0.2, 0.25) is 0 Å². The number of benzene rings is 1. The summed E-state index contributed by atoms with van der Waals surface area (Å²) in [5.74, 6) is 0. The minimum Gasteiger partial charge on any atom is -0.387 e. The molecule has 1 nitrogen and oxygen atoms in total. The molecule has 0 aliphatic heterocycles. The van der Waals surface area contributed by atoms with Crippen molar-refractivity contribution < 1.29 is 5.11 Å². The number of aliphatic hydroxyl groups is 1. The second-order valence-corrected chi connectivity index (χ2v) is 7.52. The van der Waals surface area contributed by atoms with Crippen molar-refractivity contribution >= 4 is 48.7 Å². The predicted molar refractivity (Wildman–Crippen MR) is 82.5 cm³/mol. The van der Waals surface area contributed by atoms with Crippen molar-refractivity contribution in [2.24, 2.45) is 0 Å². The van der Waals surface area contributed by atoms with E-state index in [0.717, 1.165) is 8.66 Å². The average Bonchev–Trinajstić information content (AvgIpc) is 2.97. The maximum absolute atomic E-state index is 10.3. The van der Waals surface area contributed by atoms with E-state index in [2.05, 4.69) is 39.5 Å². The molecule has 4 heteroatoms. The molecule has 0 aliphatic carbocycles. The highest BCUT2D eigenvalue weighted by atomic mass is 79.9. The van der Waals surface area contributed by atoms with E-state index in [1.165, 1.54) is 15.6 Å². The zero-order valence-corrected chi connectivity index (χ0v) is 12.7. The van der Waals surface area contributed by atoms with E-state index in [1.807, 2.05) is 18.2 Å². The molecule has 2 heterocycles. The highest BCUT2D eigenvalue weighted by Crippen LogP contribution is 2.32. The van der Waals surface area contributed by atoms with E-state index in [4.69, 9.17) is 0 Å². The van der Waals surface area contributed by atoms with Gasteiger partial charge >= 0.3 is 0 Å². The molecule has 1 atom stereocenters. The van der Waals surface area contributed by atoms with Crippen molar-refractivity contribution in [1.82, 2.24) is 0 Å². The summed E-state index contributed by atoms with van der Waals surface area (Å²) in [5.41, 5.74) is 1.23. The van der Waals surface area contributed by atoms with Crippen LogP contribution in [0.5, 0.6) is 0 Å². The van der Waals surface area contributed by atoms with Gasteiger partial charge in [0, 0.05) is 16.0 Å². The molecule has 0 aliphatic rings. The van der Waals surface area contributed by atoms with Crippen LogP contribution in [0, 0.1) is 0 Å². The molecular weight excluding hydrogens is 328 g/mol. The van der Waals surface area contributed by atoms with Crippen LogP contribution in [-0.2, 0) is 6.42 Å². The predicted octanol–water partition coefficient (Wildman–Crippen LogP) is 5.00. The van der Waals surface area contributed by atoms with Crippen molar-refractivity contribution in [2.45, 2.75) is 12.5 Å². The molecule has 92 valence electrons. The summed E-state index contributed by atoms with van der Waals surface area (Å²) >= 11 is 6.76. The van der Waals surface area contributed by atoms with Crippen LogP contribution in [0.4, 0.5) is 0 Å². The number of hydrogen-bond donors (Lipinski definition) is 1. The van der Waals surface area contributed by atoms with Gasteiger partial charge in [0.1, 0.15) is 0 Å². The summed E-state index contributed by atoms with van der Waals surface area (Å²) in [4.78, 5) is 1.01. The molecule has 3 aromatic rings. The standard InChI is InChI=1S/C14H11BrOS2/c15-14-6-5-13(18-14)11(16)7-9-8-17-12-4-2-1-3-10(9)12/h1-6,8,11,16H,7H2. The van der Waals surface area contributed by atoms with Gasteiger partial charge in [-0.15, -0.1) is 22.7 Å². The van der Waals surface area contributed by atoms with E-state index >= 15 is 0 Å². The first-order valence-electron chi connectivity index (χ1n) is 5.62. The Morgan fingerprint density at radius 1 is 1.17 bits per heavy atom. The first-order chi connectivity index (χ1) is 8.74. The fourth-order valence-electron chi connectivity index (χ4n) is 2.01. The molecule has 1 unspecified atom stereocenters. The number of rotatable bonds is 3. The van der Waals surface area contributed by atoms with Gasteiger partial charge in [0.05, 0.1) is 9.89 Å². The number of fused-ring (bicyclic) bond motifs is 1. The molecule has 0 amide bonds. The Bertz CT molecular complexity index is 671. The molecule has 0 spiro atoms. The van der Waals surface area contributed by atoms with Gasteiger partial charge in [-0.3, -0.25) is 0 Å². The minimum atomic E-state index is -0.417. The molecule has 3 rings (SSSR count). The van der Waals surface area contributed by atoms with Crippen LogP contribution in [0.15, 0.2) is 45.6 Å². The Labute approximate surface area is 122 Å². The van der Waals surface area contributed by atoms with E-state index in [0.29, 0.717) is 6.42 Å². The second-order valence-electron chi connectivity index (χ2n) is 4.12. The Morgan fingerprint density at radius 2 is 2.00 bits per heavy atom. The summed E-state index contributed by atoms with van der Waals surface area (Å²) in [6, 6.07) is 12.3. The minimum absolute atomic E-state index is 0.417. The number of hydrogen-bond acceptors (Lipinski definition) is 3. The van der Waals surface area contributed by atoms with Crippen LogP contribution < -0.4 is 0 Å². The zero-order valence-electron chi connectivity index (χ0n) is 9.47. The Balaban J connectivity index is 1.88. The van der Waals surface area contributed by atoms with Crippen molar-refractivity contribution in [3.8, 4) is 0 Å². The lowest BCUT2D eigenvalue weighted by atomic mass is 10.1. The lowest BCUT2D eigenvalue weighted by Crippen LogP contribution is -1.98. The molecule has 0 saturated heterocycles. The Hall–Kier alpha value is -0.680. The van der Waals surface area contributed by atoms with Gasteiger partial charge in [0.2, 0.25) is 0 Å². The smallest absolute Gasteiger partial charge is 0.0923 e. The van der Waals surface area contributed by atoms with E-state index in [9.17, 15) is 5.11 Å². The summed E-state index contributed by atoms with van der Waals surface area (Å²) < 4.78 is 2.35. The third-order valence-corrected chi connectivity index (χ3v) is 5.63. The number of thiophene rings is 2. The molecule has 0 radical (unpaired) electrons. The van der Waals surface area contributed by atoms with Gasteiger partial charge in [-0.25, -0.2) is 0 Å². The van der Waals surface area contributed by atoms with Crippen LogP contribution in [0.25, 0.3) is 10.1 Å². The Morgan fingerprint density at radius 3 is 2.78 bits per heavy atom. The fraction of sp³-hybridized carbons (Fsp3) is 0.143. The molecular formula is C14H11BrOS2. The Kier molecular flexibility index (Phi) is 3.52. The molecule has 1 aromatic carbocycles. The van der Waals surface area contributed by atoms with Crippen molar-refractivity contribution in [1.29, 1.82) is 0 Å². The van der Waals surface area contributed by atoms with Gasteiger partial charge in [0.15, 0.2) is 0 Å². The third kappa shape index (κ3) is 2.38. The monoisotopic (exact) mass is 338 g/mol. The summed E-state index contributed by atoms with van der Waals surface area (Å²) in [6.07, 6.45) is 0.260. The average molecular weight is 339 g/mol. The first-order valence-corrected chi connectivity index (χ1v) is 8.11. The van der Waals surface area contributed by atoms with Gasteiger partial charge in [-0.1, -0.05) is 18.2 Å². The first kappa shape index (κ1) is 12.4. The van der Waals surface area contributed by atoms with Crippen LogP contribution >= 0.6 is 38.6 Å². The highest BCUT2D eigenvalue weighted by Gasteiger charge is 2.13. The molecule has 18 heavy (non-hydrogen) atoms. The van der Waals surface area contributed by atoms with Crippen molar-refractivity contribution in [3.05, 3.63) is 56.0 Å².